The second kappa shape index (κ2) is 7.99. The number of unbranched alkanes of at least 4 members (excludes halogenated alkanes) is 1. The number of carbonyl (C=O) groups excluding carboxylic acids is 1. The Kier molecular flexibility index (Phi) is 7.60. The molecule has 0 aliphatic carbocycles. The van der Waals surface area contributed by atoms with Gasteiger partial charge in [0.2, 0.25) is 0 Å². The Bertz CT molecular complexity index is 152. The number of rotatable bonds is 7. The third-order valence-electron chi connectivity index (χ3n) is 1.71. The molecule has 2 heteroatoms. The Hall–Kier alpha value is -0.630. The Morgan fingerprint density at radius 3 is 2.46 bits per heavy atom. The molecule has 0 aliphatic heterocycles. The summed E-state index contributed by atoms with van der Waals surface area (Å²) in [6, 6.07) is 0. The number of allylic oxidation sites excluding steroid dienone is 1. The maximum atomic E-state index is 10.0. The van der Waals surface area contributed by atoms with Gasteiger partial charge in [-0.2, -0.15) is 0 Å². The quantitative estimate of drug-likeness (QED) is 0.342. The van der Waals surface area contributed by atoms with Gasteiger partial charge in [0, 0.05) is 19.5 Å². The predicted molar refractivity (Wildman–Crippen MR) is 56.8 cm³/mol. The van der Waals surface area contributed by atoms with E-state index in [1.807, 2.05) is 0 Å². The molecule has 0 fully saturated rings. The van der Waals surface area contributed by atoms with E-state index in [9.17, 15) is 4.79 Å². The molecule has 0 spiro atoms. The lowest BCUT2D eigenvalue weighted by Crippen LogP contribution is -2.23. The number of hydrogen-bond donors (Lipinski definition) is 0. The Balaban J connectivity index is 3.39. The van der Waals surface area contributed by atoms with Gasteiger partial charge < -0.3 is 9.69 Å². The van der Waals surface area contributed by atoms with E-state index >= 15 is 0 Å². The van der Waals surface area contributed by atoms with E-state index in [0.29, 0.717) is 12.3 Å². The second-order valence-electron chi connectivity index (χ2n) is 3.83. The highest BCUT2D eigenvalue weighted by Crippen LogP contribution is 1.96. The van der Waals surface area contributed by atoms with Crippen LogP contribution in [0.3, 0.4) is 0 Å². The summed E-state index contributed by atoms with van der Waals surface area (Å²) in [5.74, 6) is 0.716. The number of likely N-dealkylation sites (N-methyl/N-ethyl adjacent to an activating group) is 1. The fraction of sp³-hybridized carbons (Fsp3) is 0.727. The van der Waals surface area contributed by atoms with Crippen LogP contribution in [0.25, 0.3) is 0 Å². The largest absolute Gasteiger partial charge is 0.303 e. The molecule has 0 radical (unpaired) electrons. The Morgan fingerprint density at radius 1 is 1.23 bits per heavy atom. The van der Waals surface area contributed by atoms with E-state index < -0.39 is 0 Å². The minimum absolute atomic E-state index is 0.643. The van der Waals surface area contributed by atoms with Gasteiger partial charge in [-0.15, -0.1) is 0 Å². The van der Waals surface area contributed by atoms with Gasteiger partial charge >= 0.3 is 0 Å². The topological polar surface area (TPSA) is 20.3 Å². The first kappa shape index (κ1) is 12.4. The van der Waals surface area contributed by atoms with Crippen LogP contribution in [0.1, 0.15) is 26.7 Å². The SMILES string of the molecule is CC(C)CN(C)C/C=C\CCC=O. The van der Waals surface area contributed by atoms with E-state index in [0.717, 1.165) is 25.8 Å². The fourth-order valence-corrected chi connectivity index (χ4v) is 1.23. The van der Waals surface area contributed by atoms with Crippen LogP contribution < -0.4 is 0 Å². The molecule has 0 unspecified atom stereocenters. The first-order chi connectivity index (χ1) is 6.16. The van der Waals surface area contributed by atoms with Crippen molar-refractivity contribution in [1.29, 1.82) is 0 Å². The highest BCUT2D eigenvalue weighted by molar-refractivity contribution is 5.49. The summed E-state index contributed by atoms with van der Waals surface area (Å²) in [6.07, 6.45) is 6.68. The molecule has 0 aromatic heterocycles. The second-order valence-corrected chi connectivity index (χ2v) is 3.83. The lowest BCUT2D eigenvalue weighted by Gasteiger charge is -2.16. The van der Waals surface area contributed by atoms with Crippen molar-refractivity contribution < 1.29 is 4.79 Å². The number of carbonyl (C=O) groups is 1. The summed E-state index contributed by atoms with van der Waals surface area (Å²) < 4.78 is 0. The van der Waals surface area contributed by atoms with Crippen molar-refractivity contribution in [3.63, 3.8) is 0 Å². The van der Waals surface area contributed by atoms with Gasteiger partial charge in [-0.25, -0.2) is 0 Å². The molecule has 0 N–H and O–H groups in total. The fourth-order valence-electron chi connectivity index (χ4n) is 1.23. The van der Waals surface area contributed by atoms with Crippen LogP contribution >= 0.6 is 0 Å². The highest BCUT2D eigenvalue weighted by Gasteiger charge is 1.97. The first-order valence-corrected chi connectivity index (χ1v) is 4.94. The molecule has 76 valence electrons. The number of aldehydes is 1. The van der Waals surface area contributed by atoms with Gasteiger partial charge in [-0.3, -0.25) is 0 Å². The van der Waals surface area contributed by atoms with Gasteiger partial charge in [0.05, 0.1) is 0 Å². The Morgan fingerprint density at radius 2 is 1.92 bits per heavy atom. The number of nitrogens with zero attached hydrogens (tertiary/aromatic N) is 1. The lowest BCUT2D eigenvalue weighted by atomic mass is 10.2. The van der Waals surface area contributed by atoms with Gasteiger partial charge in [-0.05, 0) is 19.4 Å². The van der Waals surface area contributed by atoms with Crippen molar-refractivity contribution in [3.8, 4) is 0 Å². The molecule has 2 nitrogen and oxygen atoms in total. The van der Waals surface area contributed by atoms with Gasteiger partial charge in [0.25, 0.3) is 0 Å². The summed E-state index contributed by atoms with van der Waals surface area (Å²) in [6.45, 7) is 6.54. The van der Waals surface area contributed by atoms with E-state index in [2.05, 4.69) is 37.9 Å². The van der Waals surface area contributed by atoms with Gasteiger partial charge in [0.1, 0.15) is 6.29 Å². The minimum atomic E-state index is 0.643. The van der Waals surface area contributed by atoms with E-state index in [1.165, 1.54) is 0 Å². The molecule has 0 amide bonds. The molecule has 0 bridgehead atoms. The van der Waals surface area contributed by atoms with Crippen LogP contribution in [0.4, 0.5) is 0 Å². The summed E-state index contributed by atoms with van der Waals surface area (Å²) in [7, 11) is 2.12. The van der Waals surface area contributed by atoms with E-state index in [4.69, 9.17) is 0 Å². The zero-order valence-corrected chi connectivity index (χ0v) is 8.99. The van der Waals surface area contributed by atoms with Crippen molar-refractivity contribution in [3.05, 3.63) is 12.2 Å². The summed E-state index contributed by atoms with van der Waals surface area (Å²) >= 11 is 0. The van der Waals surface area contributed by atoms with Crippen LogP contribution in [0.15, 0.2) is 12.2 Å². The summed E-state index contributed by atoms with van der Waals surface area (Å²) in [5, 5.41) is 0. The zero-order valence-electron chi connectivity index (χ0n) is 8.99. The van der Waals surface area contributed by atoms with E-state index in [1.54, 1.807) is 0 Å². The standard InChI is InChI=1S/C11H21NO/c1-11(2)10-12(3)8-6-4-5-7-9-13/h4,6,9,11H,5,7-8,10H2,1-3H3/b6-4-. The third kappa shape index (κ3) is 9.28. The van der Waals surface area contributed by atoms with Crippen molar-refractivity contribution in [2.24, 2.45) is 5.92 Å². The monoisotopic (exact) mass is 183 g/mol. The van der Waals surface area contributed by atoms with Crippen molar-refractivity contribution in [1.82, 2.24) is 4.90 Å². The first-order valence-electron chi connectivity index (χ1n) is 4.94. The average Bonchev–Trinajstić information content (AvgIpc) is 2.02. The van der Waals surface area contributed by atoms with Crippen LogP contribution in [0.5, 0.6) is 0 Å². The molecule has 0 rings (SSSR count). The van der Waals surface area contributed by atoms with Crippen molar-refractivity contribution in [2.75, 3.05) is 20.1 Å². The molecule has 0 aromatic carbocycles. The third-order valence-corrected chi connectivity index (χ3v) is 1.71. The lowest BCUT2D eigenvalue weighted by molar-refractivity contribution is -0.107. The van der Waals surface area contributed by atoms with Crippen LogP contribution in [0, 0.1) is 5.92 Å². The molecule has 0 aliphatic rings. The van der Waals surface area contributed by atoms with E-state index in [-0.39, 0.29) is 0 Å². The molecule has 13 heavy (non-hydrogen) atoms. The predicted octanol–water partition coefficient (Wildman–Crippen LogP) is 2.11. The van der Waals surface area contributed by atoms with Crippen LogP contribution in [0.2, 0.25) is 0 Å². The molecular formula is C11H21NO. The van der Waals surface area contributed by atoms with Crippen LogP contribution in [-0.4, -0.2) is 31.3 Å². The van der Waals surface area contributed by atoms with Gasteiger partial charge in [-0.1, -0.05) is 26.0 Å². The highest BCUT2D eigenvalue weighted by atomic mass is 16.1. The smallest absolute Gasteiger partial charge is 0.120 e. The van der Waals surface area contributed by atoms with Crippen molar-refractivity contribution in [2.45, 2.75) is 26.7 Å². The maximum absolute atomic E-state index is 10.0. The Labute approximate surface area is 81.6 Å². The molecule has 0 atom stereocenters. The van der Waals surface area contributed by atoms with Crippen LogP contribution in [-0.2, 0) is 4.79 Å². The molecule has 0 saturated carbocycles. The summed E-state index contributed by atoms with van der Waals surface area (Å²) in [5.41, 5.74) is 0. The zero-order chi connectivity index (χ0) is 10.1. The van der Waals surface area contributed by atoms with Gasteiger partial charge in [0.15, 0.2) is 0 Å². The summed E-state index contributed by atoms with van der Waals surface area (Å²) in [4.78, 5) is 12.3. The maximum Gasteiger partial charge on any atom is 0.120 e. The molecule has 0 saturated heterocycles. The normalized spacial score (nSPS) is 11.8. The average molecular weight is 183 g/mol. The molecular weight excluding hydrogens is 162 g/mol. The number of hydrogen-bond acceptors (Lipinski definition) is 2. The molecule has 0 heterocycles. The van der Waals surface area contributed by atoms with Crippen molar-refractivity contribution >= 4 is 6.29 Å². The molecule has 0 aromatic rings. The minimum Gasteiger partial charge on any atom is -0.303 e.